The molecule has 7 nitrogen and oxygen atoms in total. The summed E-state index contributed by atoms with van der Waals surface area (Å²) in [5, 5.41) is 2.67. The Bertz CT molecular complexity index is 860. The molecule has 2 aromatic rings. The molecule has 2 amide bonds. The Kier molecular flexibility index (Phi) is 4.31. The van der Waals surface area contributed by atoms with Crippen LogP contribution in [0.2, 0.25) is 0 Å². The van der Waals surface area contributed by atoms with Crippen LogP contribution >= 0.6 is 0 Å². The maximum Gasteiger partial charge on any atom is 0.414 e. The Morgan fingerprint density at radius 3 is 2.56 bits per heavy atom. The van der Waals surface area contributed by atoms with Gasteiger partial charge in [0, 0.05) is 24.4 Å². The molecule has 1 aromatic carbocycles. The van der Waals surface area contributed by atoms with Crippen LogP contribution in [0.5, 0.6) is 0 Å². The molecule has 0 unspecified atom stereocenters. The summed E-state index contributed by atoms with van der Waals surface area (Å²) in [4.78, 5) is 29.2. The van der Waals surface area contributed by atoms with E-state index in [0.29, 0.717) is 13.1 Å². The van der Waals surface area contributed by atoms with E-state index in [1.807, 2.05) is 42.6 Å². The summed E-state index contributed by atoms with van der Waals surface area (Å²) >= 11 is 0. The van der Waals surface area contributed by atoms with Crippen LogP contribution in [-0.4, -0.2) is 36.2 Å². The minimum atomic E-state index is -0.401. The molecule has 0 spiro atoms. The molecule has 0 bridgehead atoms. The van der Waals surface area contributed by atoms with Gasteiger partial charge in [0.05, 0.1) is 24.3 Å². The number of aromatic nitrogens is 1. The minimum absolute atomic E-state index is 0.143. The highest BCUT2D eigenvalue weighted by molar-refractivity contribution is 5.90. The van der Waals surface area contributed by atoms with Crippen molar-refractivity contribution >= 4 is 17.7 Å². The zero-order chi connectivity index (χ0) is 19.0. The van der Waals surface area contributed by atoms with Gasteiger partial charge in [-0.25, -0.2) is 4.79 Å². The van der Waals surface area contributed by atoms with Crippen LogP contribution in [0.15, 0.2) is 42.6 Å². The third-order valence-corrected chi connectivity index (χ3v) is 5.03. The minimum Gasteiger partial charge on any atom is -0.442 e. The lowest BCUT2D eigenvalue weighted by Gasteiger charge is -2.14. The number of rotatable bonds is 5. The first-order valence-electron chi connectivity index (χ1n) is 9.03. The van der Waals surface area contributed by atoms with Crippen LogP contribution in [0, 0.1) is 0 Å². The van der Waals surface area contributed by atoms with Gasteiger partial charge in [-0.1, -0.05) is 18.2 Å². The lowest BCUT2D eigenvalue weighted by Crippen LogP contribution is -2.33. The molecular formula is C20H22N4O3. The summed E-state index contributed by atoms with van der Waals surface area (Å²) in [6, 6.07) is 11.7. The number of pyridine rings is 1. The van der Waals surface area contributed by atoms with Gasteiger partial charge < -0.3 is 15.8 Å². The van der Waals surface area contributed by atoms with Gasteiger partial charge in [0.25, 0.3) is 0 Å². The fourth-order valence-electron chi connectivity index (χ4n) is 3.18. The Hall–Kier alpha value is -2.93. The molecule has 1 aromatic heterocycles. The van der Waals surface area contributed by atoms with Crippen LogP contribution < -0.4 is 16.0 Å². The molecule has 2 heterocycles. The third-order valence-electron chi connectivity index (χ3n) is 5.03. The molecule has 0 radical (unpaired) electrons. The van der Waals surface area contributed by atoms with Crippen LogP contribution in [0.3, 0.4) is 0 Å². The highest BCUT2D eigenvalue weighted by Crippen LogP contribution is 2.41. The molecule has 4 rings (SSSR count). The van der Waals surface area contributed by atoms with E-state index in [2.05, 4.69) is 10.3 Å². The van der Waals surface area contributed by atoms with Gasteiger partial charge in [-0.05, 0) is 36.6 Å². The number of carbonyl (C=O) groups is 2. The van der Waals surface area contributed by atoms with Gasteiger partial charge in [-0.3, -0.25) is 14.7 Å². The molecule has 27 heavy (non-hydrogen) atoms. The molecule has 1 saturated heterocycles. The first kappa shape index (κ1) is 17.5. The highest BCUT2D eigenvalue weighted by Gasteiger charge is 2.41. The monoisotopic (exact) mass is 366 g/mol. The van der Waals surface area contributed by atoms with E-state index in [-0.39, 0.29) is 17.6 Å². The lowest BCUT2D eigenvalue weighted by atomic mass is 10.1. The van der Waals surface area contributed by atoms with Gasteiger partial charge in [0.1, 0.15) is 6.10 Å². The quantitative estimate of drug-likeness (QED) is 0.845. The number of carbonyl (C=O) groups excluding carboxylic acids is 2. The van der Waals surface area contributed by atoms with E-state index in [9.17, 15) is 9.59 Å². The number of nitrogens with zero attached hydrogens (tertiary/aromatic N) is 2. The van der Waals surface area contributed by atoms with E-state index >= 15 is 0 Å². The van der Waals surface area contributed by atoms with E-state index < -0.39 is 6.09 Å². The molecule has 3 N–H and O–H groups in total. The second-order valence-electron chi connectivity index (χ2n) is 7.19. The second-order valence-corrected chi connectivity index (χ2v) is 7.19. The smallest absolute Gasteiger partial charge is 0.414 e. The number of nitrogens with one attached hydrogen (secondary N) is 1. The SMILES string of the molecule is CC(=O)NC[C@H]1CN(c2ccc(-c3ccc(C4(N)CC4)nc3)cc2)C(=O)O1. The zero-order valence-electron chi connectivity index (χ0n) is 15.1. The summed E-state index contributed by atoms with van der Waals surface area (Å²) < 4.78 is 5.30. The molecule has 1 saturated carbocycles. The fraction of sp³-hybridized carbons (Fsp3) is 0.350. The molecule has 140 valence electrons. The normalized spacial score (nSPS) is 20.3. The third kappa shape index (κ3) is 3.64. The van der Waals surface area contributed by atoms with Crippen LogP contribution in [0.1, 0.15) is 25.5 Å². The first-order valence-corrected chi connectivity index (χ1v) is 9.03. The van der Waals surface area contributed by atoms with Crippen LogP contribution in [0.4, 0.5) is 10.5 Å². The number of nitrogens with two attached hydrogens (primary N) is 1. The highest BCUT2D eigenvalue weighted by atomic mass is 16.6. The predicted octanol–water partition coefficient (Wildman–Crippen LogP) is 2.16. The summed E-state index contributed by atoms with van der Waals surface area (Å²) in [5.41, 5.74) is 9.66. The molecule has 1 aliphatic heterocycles. The summed E-state index contributed by atoms with van der Waals surface area (Å²) in [5.74, 6) is -0.143. The van der Waals surface area contributed by atoms with Crippen molar-refractivity contribution in [3.63, 3.8) is 0 Å². The van der Waals surface area contributed by atoms with Gasteiger partial charge >= 0.3 is 6.09 Å². The maximum atomic E-state index is 12.1. The number of cyclic esters (lactones) is 1. The Balaban J connectivity index is 1.44. The Labute approximate surface area is 157 Å². The average Bonchev–Trinajstić information content (AvgIpc) is 3.31. The molecule has 2 aliphatic rings. The Morgan fingerprint density at radius 1 is 1.26 bits per heavy atom. The van der Waals surface area contributed by atoms with E-state index in [1.165, 1.54) is 6.92 Å². The summed E-state index contributed by atoms with van der Waals surface area (Å²) in [6.07, 6.45) is 3.07. The van der Waals surface area contributed by atoms with Crippen molar-refractivity contribution in [2.24, 2.45) is 5.73 Å². The number of benzene rings is 1. The van der Waals surface area contributed by atoms with Crippen molar-refractivity contribution < 1.29 is 14.3 Å². The van der Waals surface area contributed by atoms with Gasteiger partial charge in [-0.2, -0.15) is 0 Å². The first-order chi connectivity index (χ1) is 12.9. The van der Waals surface area contributed by atoms with Crippen molar-refractivity contribution in [1.29, 1.82) is 0 Å². The van der Waals surface area contributed by atoms with E-state index in [1.54, 1.807) is 4.90 Å². The summed E-state index contributed by atoms with van der Waals surface area (Å²) in [6.45, 7) is 2.16. The molecular weight excluding hydrogens is 344 g/mol. The molecule has 1 aliphatic carbocycles. The molecule has 2 fully saturated rings. The molecule has 7 heteroatoms. The number of hydrogen-bond acceptors (Lipinski definition) is 5. The second kappa shape index (κ2) is 6.66. The van der Waals surface area contributed by atoms with Crippen molar-refractivity contribution in [2.45, 2.75) is 31.4 Å². The zero-order valence-corrected chi connectivity index (χ0v) is 15.1. The number of hydrogen-bond donors (Lipinski definition) is 2. The van der Waals surface area contributed by atoms with Crippen LogP contribution in [0.25, 0.3) is 11.1 Å². The van der Waals surface area contributed by atoms with Crippen molar-refractivity contribution in [3.05, 3.63) is 48.3 Å². The number of amides is 2. The van der Waals surface area contributed by atoms with E-state index in [4.69, 9.17) is 10.5 Å². The van der Waals surface area contributed by atoms with Gasteiger partial charge in [0.2, 0.25) is 5.91 Å². The van der Waals surface area contributed by atoms with Crippen molar-refractivity contribution in [1.82, 2.24) is 10.3 Å². The van der Waals surface area contributed by atoms with Crippen molar-refractivity contribution in [3.8, 4) is 11.1 Å². The number of ether oxygens (including phenoxy) is 1. The largest absolute Gasteiger partial charge is 0.442 e. The van der Waals surface area contributed by atoms with Gasteiger partial charge in [-0.15, -0.1) is 0 Å². The lowest BCUT2D eigenvalue weighted by molar-refractivity contribution is -0.119. The summed E-state index contributed by atoms with van der Waals surface area (Å²) in [7, 11) is 0. The Morgan fingerprint density at radius 2 is 1.96 bits per heavy atom. The topological polar surface area (TPSA) is 97.5 Å². The van der Waals surface area contributed by atoms with Crippen molar-refractivity contribution in [2.75, 3.05) is 18.0 Å². The van der Waals surface area contributed by atoms with Gasteiger partial charge in [0.15, 0.2) is 0 Å². The predicted molar refractivity (Wildman–Crippen MR) is 101 cm³/mol. The average molecular weight is 366 g/mol. The standard InChI is InChI=1S/C20H22N4O3/c1-13(25)22-11-17-12-24(19(26)27-17)16-5-2-14(3-6-16)15-4-7-18(23-10-15)20(21)8-9-20/h2-7,10,17H,8-9,11-12,21H2,1H3,(H,22,25)/t17-/m0/s1. The fourth-order valence-corrected chi connectivity index (χ4v) is 3.18. The van der Waals surface area contributed by atoms with E-state index in [0.717, 1.165) is 35.3 Å². The van der Waals surface area contributed by atoms with Crippen LogP contribution in [-0.2, 0) is 15.1 Å². The maximum absolute atomic E-state index is 12.1. The molecule has 1 atom stereocenters. The number of anilines is 1.